The van der Waals surface area contributed by atoms with Crippen molar-refractivity contribution in [2.24, 2.45) is 17.6 Å². The number of aliphatic hydroxyl groups excluding tert-OH is 1. The molecule has 1 aromatic carbocycles. The molecule has 56 heavy (non-hydrogen) atoms. The van der Waals surface area contributed by atoms with Gasteiger partial charge in [0.1, 0.15) is 12.1 Å². The molecule has 16 heteroatoms. The van der Waals surface area contributed by atoms with Gasteiger partial charge in [-0.25, -0.2) is 4.79 Å². The van der Waals surface area contributed by atoms with Gasteiger partial charge in [-0.05, 0) is 95.9 Å². The van der Waals surface area contributed by atoms with Gasteiger partial charge in [0.2, 0.25) is 29.5 Å². The predicted octanol–water partition coefficient (Wildman–Crippen LogP) is 2.93. The molecule has 0 radical (unpaired) electrons. The maximum atomic E-state index is 13.7. The monoisotopic (exact) mass is 790 g/mol. The van der Waals surface area contributed by atoms with Crippen LogP contribution in [0, 0.1) is 11.8 Å². The number of aryl methyl sites for hydroxylation is 1. The minimum absolute atomic E-state index is 0.0110. The van der Waals surface area contributed by atoms with Crippen LogP contribution in [-0.4, -0.2) is 108 Å². The van der Waals surface area contributed by atoms with E-state index < -0.39 is 35.8 Å². The van der Waals surface area contributed by atoms with E-state index in [4.69, 9.17) is 19.9 Å². The van der Waals surface area contributed by atoms with Crippen LogP contribution in [0.4, 0.5) is 10.5 Å². The third-order valence-electron chi connectivity index (χ3n) is 9.24. The molecule has 1 fully saturated rings. The standard InChI is InChI=1S/C40H66N6O10/c1-26(2)34(45-32(48)15-20-54-22-18-46-33(49)23-27(3)37(46)52)36(51)44-31(12-9-17-42-38(41)53)35(50)43-30-14-13-29(25-47)28(24-30)11-10-19-56-40(7,8)16-21-55-39(4,5)6/h13-14,24,26-27,31,34,47H,9-12,15-23,25H2,1-8H3,(H,43,50)(H,44,51)(H,45,48)(H3,41,42,53)/t27?,31-,34?/m0/s1. The number of ether oxygens (including phenoxy) is 3. The largest absolute Gasteiger partial charge is 0.392 e. The van der Waals surface area contributed by atoms with Gasteiger partial charge in [-0.2, -0.15) is 0 Å². The number of rotatable bonds is 25. The van der Waals surface area contributed by atoms with E-state index in [2.05, 4.69) is 21.3 Å². The molecule has 7 amide bonds. The fourth-order valence-electron chi connectivity index (χ4n) is 5.94. The first kappa shape index (κ1) is 48.0. The second-order valence-corrected chi connectivity index (χ2v) is 16.2. The van der Waals surface area contributed by atoms with E-state index in [0.29, 0.717) is 38.2 Å². The van der Waals surface area contributed by atoms with Gasteiger partial charge < -0.3 is 46.3 Å². The Labute approximate surface area is 331 Å². The molecule has 1 aromatic rings. The fraction of sp³-hybridized carbons (Fsp3) is 0.700. The first-order valence-corrected chi connectivity index (χ1v) is 19.6. The molecule has 316 valence electrons. The number of carbonyl (C=O) groups is 6. The summed E-state index contributed by atoms with van der Waals surface area (Å²) in [6, 6.07) is 2.49. The molecule has 0 aromatic heterocycles. The Bertz CT molecular complexity index is 1480. The van der Waals surface area contributed by atoms with Crippen molar-refractivity contribution in [1.29, 1.82) is 0 Å². The number of imide groups is 1. The van der Waals surface area contributed by atoms with Crippen LogP contribution in [0.15, 0.2) is 18.2 Å². The third-order valence-corrected chi connectivity index (χ3v) is 9.24. The van der Waals surface area contributed by atoms with Crippen LogP contribution in [0.5, 0.6) is 0 Å². The number of primary amides is 1. The van der Waals surface area contributed by atoms with Gasteiger partial charge in [0.25, 0.3) is 0 Å². The van der Waals surface area contributed by atoms with Crippen molar-refractivity contribution in [3.05, 3.63) is 29.3 Å². The van der Waals surface area contributed by atoms with Gasteiger partial charge in [0, 0.05) is 44.2 Å². The summed E-state index contributed by atoms with van der Waals surface area (Å²) in [6.07, 6.45) is 2.57. The van der Waals surface area contributed by atoms with E-state index in [0.717, 1.165) is 22.4 Å². The molecule has 7 N–H and O–H groups in total. The summed E-state index contributed by atoms with van der Waals surface area (Å²) in [7, 11) is 0. The summed E-state index contributed by atoms with van der Waals surface area (Å²) in [4.78, 5) is 76.5. The van der Waals surface area contributed by atoms with Crippen LogP contribution in [-0.2, 0) is 51.2 Å². The number of amides is 7. The number of nitrogens with two attached hydrogens (primary N) is 1. The average Bonchev–Trinajstić information content (AvgIpc) is 3.34. The number of carbonyl (C=O) groups excluding carboxylic acids is 6. The predicted molar refractivity (Wildman–Crippen MR) is 211 cm³/mol. The Hall–Kier alpha value is -4.12. The smallest absolute Gasteiger partial charge is 0.312 e. The maximum Gasteiger partial charge on any atom is 0.312 e. The van der Waals surface area contributed by atoms with Crippen LogP contribution in [0.25, 0.3) is 0 Å². The normalized spacial score (nSPS) is 15.8. The highest BCUT2D eigenvalue weighted by Gasteiger charge is 2.35. The van der Waals surface area contributed by atoms with Gasteiger partial charge in [-0.15, -0.1) is 0 Å². The SMILES string of the molecule is CC1CC(=O)N(CCOCCC(=O)NC(C(=O)N[C@@H](CCCNC(N)=O)C(=O)Nc2ccc(CO)c(CCCOC(C)(C)CCOC(C)(C)C)c2)C(C)C)C1=O. The van der Waals surface area contributed by atoms with Crippen molar-refractivity contribution in [2.45, 2.75) is 130 Å². The first-order chi connectivity index (χ1) is 26.2. The molecule has 16 nitrogen and oxygen atoms in total. The van der Waals surface area contributed by atoms with Crippen molar-refractivity contribution in [3.63, 3.8) is 0 Å². The molecular formula is C40H66N6O10. The number of nitrogens with zero attached hydrogens (tertiary/aromatic N) is 1. The number of likely N-dealkylation sites (tertiary alicyclic amines) is 1. The summed E-state index contributed by atoms with van der Waals surface area (Å²) in [5, 5.41) is 20.8. The van der Waals surface area contributed by atoms with E-state index in [1.807, 2.05) is 34.6 Å². The quantitative estimate of drug-likeness (QED) is 0.0627. The zero-order chi connectivity index (χ0) is 42.1. The number of benzene rings is 1. The van der Waals surface area contributed by atoms with E-state index in [1.165, 1.54) is 0 Å². The number of anilines is 1. The lowest BCUT2D eigenvalue weighted by molar-refractivity contribution is -0.140. The van der Waals surface area contributed by atoms with Crippen molar-refractivity contribution < 1.29 is 48.1 Å². The van der Waals surface area contributed by atoms with Crippen molar-refractivity contribution in [1.82, 2.24) is 20.9 Å². The van der Waals surface area contributed by atoms with Crippen LogP contribution >= 0.6 is 0 Å². The van der Waals surface area contributed by atoms with E-state index in [-0.39, 0.29) is 87.0 Å². The highest BCUT2D eigenvalue weighted by Crippen LogP contribution is 2.22. The van der Waals surface area contributed by atoms with Gasteiger partial charge >= 0.3 is 6.03 Å². The minimum Gasteiger partial charge on any atom is -0.392 e. The van der Waals surface area contributed by atoms with Crippen molar-refractivity contribution in [2.75, 3.05) is 44.8 Å². The molecule has 0 saturated carbocycles. The number of aliphatic hydroxyl groups is 1. The number of hydrogen-bond acceptors (Lipinski definition) is 10. The first-order valence-electron chi connectivity index (χ1n) is 19.6. The fourth-order valence-corrected chi connectivity index (χ4v) is 5.94. The number of nitrogens with one attached hydrogen (secondary N) is 4. The highest BCUT2D eigenvalue weighted by molar-refractivity contribution is 6.03. The lowest BCUT2D eigenvalue weighted by Crippen LogP contribution is -2.54. The zero-order valence-corrected chi connectivity index (χ0v) is 34.6. The highest BCUT2D eigenvalue weighted by atomic mass is 16.5. The minimum atomic E-state index is -1.03. The van der Waals surface area contributed by atoms with Crippen LogP contribution in [0.3, 0.4) is 0 Å². The summed E-state index contributed by atoms with van der Waals surface area (Å²) in [5.74, 6) is -2.69. The molecule has 1 aliphatic rings. The molecule has 2 unspecified atom stereocenters. The Kier molecular flexibility index (Phi) is 19.9. The molecule has 0 bridgehead atoms. The second kappa shape index (κ2) is 23.2. The molecule has 0 aliphatic carbocycles. The molecular weight excluding hydrogens is 724 g/mol. The molecule has 2 rings (SSSR count). The van der Waals surface area contributed by atoms with Gasteiger partial charge in [0.05, 0.1) is 37.6 Å². The Morgan fingerprint density at radius 2 is 1.66 bits per heavy atom. The molecule has 1 heterocycles. The lowest BCUT2D eigenvalue weighted by Gasteiger charge is -2.28. The van der Waals surface area contributed by atoms with E-state index in [9.17, 15) is 33.9 Å². The Balaban J connectivity index is 2.01. The maximum absolute atomic E-state index is 13.7. The van der Waals surface area contributed by atoms with Crippen LogP contribution in [0.2, 0.25) is 0 Å². The van der Waals surface area contributed by atoms with Gasteiger partial charge in [-0.1, -0.05) is 26.8 Å². The summed E-state index contributed by atoms with van der Waals surface area (Å²) in [5.41, 5.74) is 6.63. The van der Waals surface area contributed by atoms with Crippen LogP contribution < -0.4 is 27.0 Å². The molecule has 3 atom stereocenters. The lowest BCUT2D eigenvalue weighted by atomic mass is 10.0. The molecule has 1 aliphatic heterocycles. The molecule has 0 spiro atoms. The van der Waals surface area contributed by atoms with Gasteiger partial charge in [-0.3, -0.25) is 28.9 Å². The number of urea groups is 1. The van der Waals surface area contributed by atoms with Gasteiger partial charge in [0.15, 0.2) is 0 Å². The van der Waals surface area contributed by atoms with Crippen molar-refractivity contribution in [3.8, 4) is 0 Å². The summed E-state index contributed by atoms with van der Waals surface area (Å²) >= 11 is 0. The second-order valence-electron chi connectivity index (χ2n) is 16.2. The topological polar surface area (TPSA) is 228 Å². The average molecular weight is 791 g/mol. The van der Waals surface area contributed by atoms with Crippen molar-refractivity contribution >= 4 is 41.3 Å². The molecule has 1 saturated heterocycles. The Morgan fingerprint density at radius 1 is 0.946 bits per heavy atom. The number of hydrogen-bond donors (Lipinski definition) is 6. The van der Waals surface area contributed by atoms with Crippen LogP contribution in [0.1, 0.15) is 105 Å². The van der Waals surface area contributed by atoms with E-state index >= 15 is 0 Å². The third kappa shape index (κ3) is 17.8. The van der Waals surface area contributed by atoms with E-state index in [1.54, 1.807) is 39.0 Å². The summed E-state index contributed by atoms with van der Waals surface area (Å²) in [6.45, 7) is 16.6. The Morgan fingerprint density at radius 3 is 2.27 bits per heavy atom. The summed E-state index contributed by atoms with van der Waals surface area (Å²) < 4.78 is 17.5. The zero-order valence-electron chi connectivity index (χ0n) is 34.6.